The van der Waals surface area contributed by atoms with Crippen molar-refractivity contribution in [2.75, 3.05) is 23.3 Å². The molecule has 0 spiro atoms. The number of piperidine rings is 1. The van der Waals surface area contributed by atoms with Crippen LogP contribution in [0, 0.1) is 0 Å². The molecule has 0 atom stereocenters. The fraction of sp³-hybridized carbons (Fsp3) is 0.643. The molecule has 2 aliphatic rings. The van der Waals surface area contributed by atoms with Crippen molar-refractivity contribution in [2.45, 2.75) is 44.6 Å². The number of ketones is 1. The quantitative estimate of drug-likeness (QED) is 0.900. The van der Waals surface area contributed by atoms with Gasteiger partial charge in [0.1, 0.15) is 23.7 Å². The van der Waals surface area contributed by atoms with E-state index in [1.165, 1.54) is 25.7 Å². The molecule has 5 heteroatoms. The minimum atomic E-state index is 0.356. The van der Waals surface area contributed by atoms with Crippen LogP contribution in [0.5, 0.6) is 0 Å². The van der Waals surface area contributed by atoms with E-state index in [2.05, 4.69) is 20.2 Å². The molecule has 102 valence electrons. The molecule has 1 aliphatic heterocycles. The first-order valence-electron chi connectivity index (χ1n) is 7.16. The summed E-state index contributed by atoms with van der Waals surface area (Å²) in [5.41, 5.74) is 0. The minimum Gasteiger partial charge on any atom is -0.367 e. The summed E-state index contributed by atoms with van der Waals surface area (Å²) in [4.78, 5) is 22.1. The normalized spacial score (nSPS) is 20.8. The van der Waals surface area contributed by atoms with Gasteiger partial charge in [0.15, 0.2) is 0 Å². The van der Waals surface area contributed by atoms with Gasteiger partial charge < -0.3 is 10.2 Å². The molecule has 2 heterocycles. The summed E-state index contributed by atoms with van der Waals surface area (Å²) >= 11 is 0. The molecule has 0 aromatic carbocycles. The zero-order valence-corrected chi connectivity index (χ0v) is 11.1. The number of anilines is 2. The molecule has 1 aliphatic carbocycles. The Morgan fingerprint density at radius 1 is 1.16 bits per heavy atom. The van der Waals surface area contributed by atoms with Gasteiger partial charge >= 0.3 is 0 Å². The molecule has 1 aromatic rings. The maximum absolute atomic E-state index is 11.3. The van der Waals surface area contributed by atoms with E-state index in [-0.39, 0.29) is 0 Å². The third-order valence-corrected chi connectivity index (χ3v) is 4.00. The van der Waals surface area contributed by atoms with E-state index < -0.39 is 0 Å². The van der Waals surface area contributed by atoms with Gasteiger partial charge in [-0.2, -0.15) is 0 Å². The lowest BCUT2D eigenvalue weighted by molar-refractivity contribution is -0.119. The van der Waals surface area contributed by atoms with E-state index >= 15 is 0 Å². The van der Waals surface area contributed by atoms with Crippen molar-refractivity contribution in [3.05, 3.63) is 12.4 Å². The summed E-state index contributed by atoms with van der Waals surface area (Å²) in [6, 6.07) is 2.57. The highest BCUT2D eigenvalue weighted by atomic mass is 16.1. The van der Waals surface area contributed by atoms with Gasteiger partial charge in [0.05, 0.1) is 0 Å². The Balaban J connectivity index is 1.66. The van der Waals surface area contributed by atoms with Crippen LogP contribution in [0.1, 0.15) is 38.5 Å². The standard InChI is InChI=1S/C14H20N4O/c19-12-5-7-18(8-6-12)14-9-13(15-10-16-14)17-11-3-1-2-4-11/h9-11H,1-8H2,(H,15,16,17). The number of Topliss-reactive ketones (excluding diaryl/α,β-unsaturated/α-hetero) is 1. The van der Waals surface area contributed by atoms with Crippen LogP contribution >= 0.6 is 0 Å². The number of aromatic nitrogens is 2. The fourth-order valence-electron chi connectivity index (χ4n) is 2.86. The average molecular weight is 260 g/mol. The highest BCUT2D eigenvalue weighted by molar-refractivity contribution is 5.80. The Morgan fingerprint density at radius 2 is 1.89 bits per heavy atom. The number of hydrogen-bond acceptors (Lipinski definition) is 5. The molecule has 0 bridgehead atoms. The largest absolute Gasteiger partial charge is 0.367 e. The SMILES string of the molecule is O=C1CCN(c2cc(NC3CCCC3)ncn2)CC1. The van der Waals surface area contributed by atoms with Crippen molar-refractivity contribution in [1.29, 1.82) is 0 Å². The second-order valence-corrected chi connectivity index (χ2v) is 5.41. The molecule has 3 rings (SSSR count). The van der Waals surface area contributed by atoms with Gasteiger partial charge in [0, 0.05) is 38.0 Å². The molecule has 0 unspecified atom stereocenters. The van der Waals surface area contributed by atoms with E-state index in [9.17, 15) is 4.79 Å². The Kier molecular flexibility index (Phi) is 3.62. The third kappa shape index (κ3) is 3.03. The molecular weight excluding hydrogens is 240 g/mol. The number of carbonyl (C=O) groups excluding carboxylic acids is 1. The zero-order chi connectivity index (χ0) is 13.1. The van der Waals surface area contributed by atoms with E-state index in [1.807, 2.05) is 6.07 Å². The lowest BCUT2D eigenvalue weighted by atomic mass is 10.1. The smallest absolute Gasteiger partial charge is 0.136 e. The van der Waals surface area contributed by atoms with Gasteiger partial charge in [-0.1, -0.05) is 12.8 Å². The van der Waals surface area contributed by atoms with Gasteiger partial charge in [-0.25, -0.2) is 9.97 Å². The Labute approximate surface area is 113 Å². The maximum atomic E-state index is 11.3. The van der Waals surface area contributed by atoms with Crippen molar-refractivity contribution in [2.24, 2.45) is 0 Å². The van der Waals surface area contributed by atoms with Crippen molar-refractivity contribution < 1.29 is 4.79 Å². The maximum Gasteiger partial charge on any atom is 0.136 e. The number of nitrogens with zero attached hydrogens (tertiary/aromatic N) is 3. The average Bonchev–Trinajstić information content (AvgIpc) is 2.93. The topological polar surface area (TPSA) is 58.1 Å². The first kappa shape index (κ1) is 12.4. The van der Waals surface area contributed by atoms with Crippen LogP contribution in [-0.4, -0.2) is 34.9 Å². The second-order valence-electron chi connectivity index (χ2n) is 5.41. The molecular formula is C14H20N4O. The van der Waals surface area contributed by atoms with E-state index in [0.29, 0.717) is 24.7 Å². The minimum absolute atomic E-state index is 0.356. The number of nitrogens with one attached hydrogen (secondary N) is 1. The Bertz CT molecular complexity index is 447. The predicted octanol–water partition coefficient (Wildman–Crippen LogP) is 2.00. The predicted molar refractivity (Wildman–Crippen MR) is 74.4 cm³/mol. The Hall–Kier alpha value is -1.65. The van der Waals surface area contributed by atoms with Gasteiger partial charge in [-0.05, 0) is 12.8 Å². The molecule has 1 saturated heterocycles. The summed E-state index contributed by atoms with van der Waals surface area (Å²) in [5.74, 6) is 2.20. The van der Waals surface area contributed by atoms with Crippen molar-refractivity contribution >= 4 is 17.4 Å². The van der Waals surface area contributed by atoms with Crippen molar-refractivity contribution in [1.82, 2.24) is 9.97 Å². The summed E-state index contributed by atoms with van der Waals surface area (Å²) < 4.78 is 0. The van der Waals surface area contributed by atoms with Crippen LogP contribution in [0.4, 0.5) is 11.6 Å². The van der Waals surface area contributed by atoms with Gasteiger partial charge in [-0.3, -0.25) is 4.79 Å². The van der Waals surface area contributed by atoms with Crippen LogP contribution in [0.3, 0.4) is 0 Å². The molecule has 19 heavy (non-hydrogen) atoms. The molecule has 1 saturated carbocycles. The first-order valence-corrected chi connectivity index (χ1v) is 7.16. The van der Waals surface area contributed by atoms with Gasteiger partial charge in [0.2, 0.25) is 0 Å². The number of rotatable bonds is 3. The zero-order valence-electron chi connectivity index (χ0n) is 11.1. The molecule has 1 aromatic heterocycles. The molecule has 2 fully saturated rings. The van der Waals surface area contributed by atoms with Crippen LogP contribution < -0.4 is 10.2 Å². The lowest BCUT2D eigenvalue weighted by Crippen LogP contribution is -2.34. The Morgan fingerprint density at radius 3 is 2.63 bits per heavy atom. The molecule has 0 amide bonds. The van der Waals surface area contributed by atoms with Crippen LogP contribution in [-0.2, 0) is 4.79 Å². The van der Waals surface area contributed by atoms with Crippen LogP contribution in [0.2, 0.25) is 0 Å². The first-order chi connectivity index (χ1) is 9.31. The lowest BCUT2D eigenvalue weighted by Gasteiger charge is -2.27. The summed E-state index contributed by atoms with van der Waals surface area (Å²) in [6.07, 6.45) is 7.97. The number of carbonyl (C=O) groups is 1. The second kappa shape index (κ2) is 5.55. The van der Waals surface area contributed by atoms with Gasteiger partial charge in [0.25, 0.3) is 0 Å². The molecule has 1 N–H and O–H groups in total. The summed E-state index contributed by atoms with van der Waals surface area (Å²) in [6.45, 7) is 1.55. The summed E-state index contributed by atoms with van der Waals surface area (Å²) in [7, 11) is 0. The highest BCUT2D eigenvalue weighted by Gasteiger charge is 2.19. The third-order valence-electron chi connectivity index (χ3n) is 4.00. The van der Waals surface area contributed by atoms with E-state index in [0.717, 1.165) is 24.7 Å². The van der Waals surface area contributed by atoms with Crippen molar-refractivity contribution in [3.63, 3.8) is 0 Å². The summed E-state index contributed by atoms with van der Waals surface area (Å²) in [5, 5.41) is 3.48. The van der Waals surface area contributed by atoms with Gasteiger partial charge in [-0.15, -0.1) is 0 Å². The molecule has 0 radical (unpaired) electrons. The van der Waals surface area contributed by atoms with Crippen LogP contribution in [0.25, 0.3) is 0 Å². The van der Waals surface area contributed by atoms with Crippen molar-refractivity contribution in [3.8, 4) is 0 Å². The van der Waals surface area contributed by atoms with E-state index in [4.69, 9.17) is 0 Å². The number of hydrogen-bond donors (Lipinski definition) is 1. The van der Waals surface area contributed by atoms with Crippen LogP contribution in [0.15, 0.2) is 12.4 Å². The fourth-order valence-corrected chi connectivity index (χ4v) is 2.86. The monoisotopic (exact) mass is 260 g/mol. The van der Waals surface area contributed by atoms with E-state index in [1.54, 1.807) is 6.33 Å². The molecule has 5 nitrogen and oxygen atoms in total. The highest BCUT2D eigenvalue weighted by Crippen LogP contribution is 2.23.